The molecular formula is C20H17ClN4S. The maximum Gasteiger partial charge on any atom is 0.195 e. The van der Waals surface area contributed by atoms with Crippen molar-refractivity contribution in [3.63, 3.8) is 0 Å². The summed E-state index contributed by atoms with van der Waals surface area (Å²) in [6, 6.07) is 16.5. The van der Waals surface area contributed by atoms with Gasteiger partial charge in [0, 0.05) is 16.7 Å². The Balaban J connectivity index is 1.62. The molecular weight excluding hydrogens is 364 g/mol. The first kappa shape index (κ1) is 17.1. The summed E-state index contributed by atoms with van der Waals surface area (Å²) < 4.78 is 2.01. The molecule has 0 aliphatic carbocycles. The van der Waals surface area contributed by atoms with Crippen LogP contribution in [0.15, 0.2) is 60.0 Å². The van der Waals surface area contributed by atoms with Crippen molar-refractivity contribution in [1.82, 2.24) is 19.7 Å². The summed E-state index contributed by atoms with van der Waals surface area (Å²) in [5, 5.41) is 10.8. The lowest BCUT2D eigenvalue weighted by atomic mass is 10.1. The molecule has 0 aliphatic heterocycles. The van der Waals surface area contributed by atoms with Gasteiger partial charge in [-0.3, -0.25) is 4.57 Å². The van der Waals surface area contributed by atoms with Crippen molar-refractivity contribution in [2.45, 2.75) is 24.8 Å². The van der Waals surface area contributed by atoms with Gasteiger partial charge in [-0.2, -0.15) is 0 Å². The van der Waals surface area contributed by atoms with Gasteiger partial charge in [0.2, 0.25) is 0 Å². The van der Waals surface area contributed by atoms with Gasteiger partial charge in [0.15, 0.2) is 5.16 Å². The van der Waals surface area contributed by atoms with E-state index < -0.39 is 0 Å². The number of aromatic nitrogens is 4. The maximum atomic E-state index is 6.41. The Bertz CT molecular complexity index is 1090. The molecule has 4 aromatic rings. The van der Waals surface area contributed by atoms with E-state index >= 15 is 0 Å². The zero-order chi connectivity index (χ0) is 18.1. The normalized spacial score (nSPS) is 11.2. The summed E-state index contributed by atoms with van der Waals surface area (Å²) in [6.45, 7) is 4.13. The lowest BCUT2D eigenvalue weighted by molar-refractivity contribution is 0.878. The first-order chi connectivity index (χ1) is 12.6. The van der Waals surface area contributed by atoms with E-state index in [1.54, 1.807) is 18.1 Å². The van der Waals surface area contributed by atoms with Crippen molar-refractivity contribution < 1.29 is 0 Å². The fourth-order valence-corrected chi connectivity index (χ4v) is 4.05. The molecule has 26 heavy (non-hydrogen) atoms. The highest BCUT2D eigenvalue weighted by atomic mass is 35.5. The topological polar surface area (TPSA) is 43.6 Å². The van der Waals surface area contributed by atoms with E-state index in [4.69, 9.17) is 11.6 Å². The van der Waals surface area contributed by atoms with Crippen LogP contribution in [0.1, 0.15) is 16.7 Å². The Morgan fingerprint density at radius 1 is 1.08 bits per heavy atom. The van der Waals surface area contributed by atoms with Crippen molar-refractivity contribution in [1.29, 1.82) is 0 Å². The Morgan fingerprint density at radius 3 is 2.77 bits per heavy atom. The third kappa shape index (κ3) is 3.32. The SMILES string of the molecule is Cc1ccc2cc(CSc3nncn3-c3ccccc3C)c(Cl)nc2c1. The van der Waals surface area contributed by atoms with Crippen LogP contribution in [0.5, 0.6) is 0 Å². The minimum Gasteiger partial charge on any atom is -0.276 e. The Hall–Kier alpha value is -2.37. The number of hydrogen-bond donors (Lipinski definition) is 0. The molecule has 2 heterocycles. The van der Waals surface area contributed by atoms with Crippen LogP contribution >= 0.6 is 23.4 Å². The van der Waals surface area contributed by atoms with E-state index in [1.807, 2.05) is 22.8 Å². The second kappa shape index (κ2) is 7.09. The van der Waals surface area contributed by atoms with E-state index in [9.17, 15) is 0 Å². The molecule has 0 saturated heterocycles. The highest BCUT2D eigenvalue weighted by Crippen LogP contribution is 2.29. The highest BCUT2D eigenvalue weighted by molar-refractivity contribution is 7.98. The first-order valence-corrected chi connectivity index (χ1v) is 9.63. The molecule has 4 rings (SSSR count). The minimum atomic E-state index is 0.539. The van der Waals surface area contributed by atoms with Crippen molar-refractivity contribution in [3.05, 3.63) is 76.7 Å². The third-order valence-corrected chi connectivity index (χ3v) is 5.57. The molecule has 0 fully saturated rings. The molecule has 0 aliphatic rings. The second-order valence-electron chi connectivity index (χ2n) is 6.19. The van der Waals surface area contributed by atoms with Crippen molar-refractivity contribution >= 4 is 34.3 Å². The van der Waals surface area contributed by atoms with Gasteiger partial charge in [-0.1, -0.05) is 53.7 Å². The average molecular weight is 381 g/mol. The molecule has 0 atom stereocenters. The van der Waals surface area contributed by atoms with Crippen LogP contribution < -0.4 is 0 Å². The average Bonchev–Trinajstić information content (AvgIpc) is 3.08. The summed E-state index contributed by atoms with van der Waals surface area (Å²) in [4.78, 5) is 4.54. The van der Waals surface area contributed by atoms with E-state index in [1.165, 1.54) is 11.1 Å². The number of thioether (sulfide) groups is 1. The molecule has 2 aromatic heterocycles. The van der Waals surface area contributed by atoms with Crippen LogP contribution in [0.25, 0.3) is 16.6 Å². The van der Waals surface area contributed by atoms with Gasteiger partial charge in [-0.15, -0.1) is 10.2 Å². The number of aryl methyl sites for hydroxylation is 2. The fraction of sp³-hybridized carbons (Fsp3) is 0.150. The van der Waals surface area contributed by atoms with Gasteiger partial charge in [0.1, 0.15) is 11.5 Å². The van der Waals surface area contributed by atoms with E-state index in [-0.39, 0.29) is 0 Å². The zero-order valence-electron chi connectivity index (χ0n) is 14.5. The molecule has 0 saturated carbocycles. The number of pyridine rings is 1. The quantitative estimate of drug-likeness (QED) is 0.352. The standard InChI is InChI=1S/C20H17ClN4S/c1-13-7-8-15-10-16(19(21)23-17(15)9-13)11-26-20-24-22-12-25(20)18-6-4-3-5-14(18)2/h3-10,12H,11H2,1-2H3. The smallest absolute Gasteiger partial charge is 0.195 e. The molecule has 4 nitrogen and oxygen atoms in total. The second-order valence-corrected chi connectivity index (χ2v) is 7.49. The van der Waals surface area contributed by atoms with Crippen LogP contribution in [-0.2, 0) is 5.75 Å². The zero-order valence-corrected chi connectivity index (χ0v) is 16.1. The van der Waals surface area contributed by atoms with Crippen molar-refractivity contribution in [2.75, 3.05) is 0 Å². The van der Waals surface area contributed by atoms with Gasteiger partial charge >= 0.3 is 0 Å². The number of hydrogen-bond acceptors (Lipinski definition) is 4. The third-order valence-electron chi connectivity index (χ3n) is 4.25. The Morgan fingerprint density at radius 2 is 1.92 bits per heavy atom. The van der Waals surface area contributed by atoms with Crippen LogP contribution in [0.2, 0.25) is 5.15 Å². The number of fused-ring (bicyclic) bond motifs is 1. The summed E-state index contributed by atoms with van der Waals surface area (Å²) in [6.07, 6.45) is 1.74. The van der Waals surface area contributed by atoms with Crippen molar-refractivity contribution in [2.24, 2.45) is 0 Å². The van der Waals surface area contributed by atoms with Crippen LogP contribution in [0.4, 0.5) is 0 Å². The van der Waals surface area contributed by atoms with E-state index in [0.29, 0.717) is 10.9 Å². The number of rotatable bonds is 4. The summed E-state index contributed by atoms with van der Waals surface area (Å²) in [5.41, 5.74) is 5.35. The lowest BCUT2D eigenvalue weighted by Gasteiger charge is -2.10. The van der Waals surface area contributed by atoms with Crippen molar-refractivity contribution in [3.8, 4) is 5.69 Å². The lowest BCUT2D eigenvalue weighted by Crippen LogP contribution is -1.98. The Labute approximate surface area is 161 Å². The van der Waals surface area contributed by atoms with Gasteiger partial charge in [-0.25, -0.2) is 4.98 Å². The monoisotopic (exact) mass is 380 g/mol. The van der Waals surface area contributed by atoms with E-state index in [2.05, 4.69) is 59.4 Å². The Kier molecular flexibility index (Phi) is 4.66. The number of benzene rings is 2. The van der Waals surface area contributed by atoms with E-state index in [0.717, 1.165) is 27.3 Å². The number of nitrogens with zero attached hydrogens (tertiary/aromatic N) is 4. The number of halogens is 1. The molecule has 2 aromatic carbocycles. The molecule has 0 radical (unpaired) electrons. The van der Waals surface area contributed by atoms with Gasteiger partial charge in [-0.05, 0) is 43.2 Å². The molecule has 0 spiro atoms. The predicted octanol–water partition coefficient (Wildman–Crippen LogP) is 5.38. The van der Waals surface area contributed by atoms with Crippen LogP contribution in [0, 0.1) is 13.8 Å². The summed E-state index contributed by atoms with van der Waals surface area (Å²) in [7, 11) is 0. The van der Waals surface area contributed by atoms with Gasteiger partial charge in [0.05, 0.1) is 11.2 Å². The van der Waals surface area contributed by atoms with Gasteiger partial charge < -0.3 is 0 Å². The maximum absolute atomic E-state index is 6.41. The predicted molar refractivity (Wildman–Crippen MR) is 107 cm³/mol. The molecule has 6 heteroatoms. The summed E-state index contributed by atoms with van der Waals surface area (Å²) >= 11 is 8.01. The molecule has 0 amide bonds. The number of para-hydroxylation sites is 1. The van der Waals surface area contributed by atoms with Crippen LogP contribution in [0.3, 0.4) is 0 Å². The largest absolute Gasteiger partial charge is 0.276 e. The van der Waals surface area contributed by atoms with Crippen LogP contribution in [-0.4, -0.2) is 19.7 Å². The van der Waals surface area contributed by atoms with Gasteiger partial charge in [0.25, 0.3) is 0 Å². The molecule has 0 unspecified atom stereocenters. The summed E-state index contributed by atoms with van der Waals surface area (Å²) in [5.74, 6) is 0.681. The fourth-order valence-electron chi connectivity index (χ4n) is 2.86. The molecule has 130 valence electrons. The first-order valence-electron chi connectivity index (χ1n) is 8.26. The molecule has 0 N–H and O–H groups in total. The highest BCUT2D eigenvalue weighted by Gasteiger charge is 2.12. The minimum absolute atomic E-state index is 0.539. The molecule has 0 bridgehead atoms.